The molecule has 0 saturated carbocycles. The SMILES string of the molecule is CCCOC(=O)c1ccc(NC(=O)Cn2cnc3sc(C(=O)Nc4ccc(C)cc4C)c(C)c3c2=O)cc1. The fraction of sp³-hybridized carbons (Fsp3) is 0.250. The van der Waals surface area contributed by atoms with Crippen LogP contribution in [0.25, 0.3) is 10.2 Å². The average Bonchev–Trinajstić information content (AvgIpc) is 3.23. The second-order valence-electron chi connectivity index (χ2n) is 8.95. The highest BCUT2D eigenvalue weighted by Crippen LogP contribution is 2.28. The average molecular weight is 533 g/mol. The number of carbonyl (C=O) groups is 3. The van der Waals surface area contributed by atoms with E-state index in [-0.39, 0.29) is 12.5 Å². The number of hydrogen-bond donors (Lipinski definition) is 2. The first-order valence-electron chi connectivity index (χ1n) is 12.1. The van der Waals surface area contributed by atoms with Crippen molar-refractivity contribution in [1.82, 2.24) is 9.55 Å². The molecule has 2 N–H and O–H groups in total. The number of nitrogens with zero attached hydrogens (tertiary/aromatic N) is 2. The maximum absolute atomic E-state index is 13.2. The summed E-state index contributed by atoms with van der Waals surface area (Å²) in [6.45, 7) is 7.59. The van der Waals surface area contributed by atoms with Gasteiger partial charge in [0.2, 0.25) is 5.91 Å². The molecular weight excluding hydrogens is 504 g/mol. The summed E-state index contributed by atoms with van der Waals surface area (Å²) in [5.74, 6) is -1.18. The Morgan fingerprint density at radius 1 is 1.03 bits per heavy atom. The topological polar surface area (TPSA) is 119 Å². The molecule has 0 spiro atoms. The number of carbonyl (C=O) groups excluding carboxylic acids is 3. The smallest absolute Gasteiger partial charge is 0.338 e. The molecule has 10 heteroatoms. The van der Waals surface area contributed by atoms with Crippen molar-refractivity contribution in [2.24, 2.45) is 0 Å². The zero-order valence-corrected chi connectivity index (χ0v) is 22.4. The van der Waals surface area contributed by atoms with Crippen LogP contribution in [0, 0.1) is 20.8 Å². The molecule has 2 heterocycles. The number of nitrogens with one attached hydrogen (secondary N) is 2. The molecule has 2 aromatic carbocycles. The maximum Gasteiger partial charge on any atom is 0.338 e. The number of ether oxygens (including phenoxy) is 1. The monoisotopic (exact) mass is 532 g/mol. The van der Waals surface area contributed by atoms with Crippen LogP contribution in [0.4, 0.5) is 11.4 Å². The first kappa shape index (κ1) is 26.7. The molecule has 4 aromatic rings. The Labute approximate surface area is 223 Å². The summed E-state index contributed by atoms with van der Waals surface area (Å²) in [4.78, 5) is 55.9. The number of amides is 2. The van der Waals surface area contributed by atoms with E-state index < -0.39 is 17.4 Å². The summed E-state index contributed by atoms with van der Waals surface area (Å²) < 4.78 is 6.30. The second kappa shape index (κ2) is 11.4. The summed E-state index contributed by atoms with van der Waals surface area (Å²) >= 11 is 1.14. The van der Waals surface area contributed by atoms with E-state index in [1.54, 1.807) is 31.2 Å². The number of benzene rings is 2. The van der Waals surface area contributed by atoms with E-state index in [2.05, 4.69) is 15.6 Å². The maximum atomic E-state index is 13.2. The van der Waals surface area contributed by atoms with Crippen molar-refractivity contribution < 1.29 is 19.1 Å². The largest absolute Gasteiger partial charge is 0.462 e. The molecule has 0 unspecified atom stereocenters. The van der Waals surface area contributed by atoms with Gasteiger partial charge in [0.05, 0.1) is 28.8 Å². The van der Waals surface area contributed by atoms with Gasteiger partial charge in [0.15, 0.2) is 0 Å². The third-order valence-corrected chi connectivity index (χ3v) is 7.11. The molecular formula is C28H28N4O5S. The highest BCUT2D eigenvalue weighted by molar-refractivity contribution is 7.20. The molecule has 0 aliphatic rings. The van der Waals surface area contributed by atoms with E-state index in [0.717, 1.165) is 28.9 Å². The molecule has 0 bridgehead atoms. The first-order valence-corrected chi connectivity index (χ1v) is 12.9. The number of rotatable bonds is 8. The normalized spacial score (nSPS) is 10.8. The predicted molar refractivity (Wildman–Crippen MR) is 148 cm³/mol. The Balaban J connectivity index is 1.48. The predicted octanol–water partition coefficient (Wildman–Crippen LogP) is 4.84. The van der Waals surface area contributed by atoms with Crippen LogP contribution >= 0.6 is 11.3 Å². The van der Waals surface area contributed by atoms with Crippen LogP contribution in [-0.2, 0) is 16.1 Å². The summed E-state index contributed by atoms with van der Waals surface area (Å²) in [6.07, 6.45) is 2.03. The molecule has 0 saturated heterocycles. The van der Waals surface area contributed by atoms with E-state index >= 15 is 0 Å². The third kappa shape index (κ3) is 5.81. The Kier molecular flexibility index (Phi) is 8.02. The number of fused-ring (bicyclic) bond motifs is 1. The lowest BCUT2D eigenvalue weighted by atomic mass is 10.1. The minimum absolute atomic E-state index is 0.262. The molecule has 0 aliphatic heterocycles. The Morgan fingerprint density at radius 3 is 2.45 bits per heavy atom. The van der Waals surface area contributed by atoms with Crippen LogP contribution in [0.1, 0.15) is 50.1 Å². The highest BCUT2D eigenvalue weighted by atomic mass is 32.1. The van der Waals surface area contributed by atoms with Crippen molar-refractivity contribution in [2.45, 2.75) is 40.7 Å². The number of aryl methyl sites for hydroxylation is 3. The van der Waals surface area contributed by atoms with Crippen LogP contribution in [-0.4, -0.2) is 33.9 Å². The van der Waals surface area contributed by atoms with Gasteiger partial charge in [0.25, 0.3) is 11.5 Å². The molecule has 4 rings (SSSR count). The van der Waals surface area contributed by atoms with Crippen LogP contribution in [0.2, 0.25) is 0 Å². The first-order chi connectivity index (χ1) is 18.2. The van der Waals surface area contributed by atoms with Gasteiger partial charge in [-0.3, -0.25) is 19.0 Å². The van der Waals surface area contributed by atoms with E-state index in [4.69, 9.17) is 4.74 Å². The summed E-state index contributed by atoms with van der Waals surface area (Å²) in [7, 11) is 0. The van der Waals surface area contributed by atoms with Crippen LogP contribution < -0.4 is 16.2 Å². The number of hydrogen-bond acceptors (Lipinski definition) is 7. The van der Waals surface area contributed by atoms with Gasteiger partial charge >= 0.3 is 5.97 Å². The molecule has 0 fully saturated rings. The van der Waals surface area contributed by atoms with Crippen LogP contribution in [0.3, 0.4) is 0 Å². The van der Waals surface area contributed by atoms with Gasteiger partial charge < -0.3 is 15.4 Å². The van der Waals surface area contributed by atoms with Crippen molar-refractivity contribution in [3.8, 4) is 0 Å². The van der Waals surface area contributed by atoms with Gasteiger partial charge in [-0.1, -0.05) is 24.6 Å². The zero-order valence-electron chi connectivity index (χ0n) is 21.6. The summed E-state index contributed by atoms with van der Waals surface area (Å²) in [5, 5.41) is 5.93. The fourth-order valence-electron chi connectivity index (χ4n) is 3.94. The van der Waals surface area contributed by atoms with Gasteiger partial charge in [-0.2, -0.15) is 0 Å². The van der Waals surface area contributed by atoms with Crippen molar-refractivity contribution in [3.63, 3.8) is 0 Å². The van der Waals surface area contributed by atoms with Crippen LogP contribution in [0.15, 0.2) is 53.6 Å². The van der Waals surface area contributed by atoms with Crippen molar-refractivity contribution >= 4 is 50.7 Å². The van der Waals surface area contributed by atoms with Gasteiger partial charge in [0.1, 0.15) is 11.4 Å². The summed E-state index contributed by atoms with van der Waals surface area (Å²) in [6, 6.07) is 12.1. The molecule has 196 valence electrons. The Bertz CT molecular complexity index is 1590. The zero-order chi connectivity index (χ0) is 27.4. The van der Waals surface area contributed by atoms with E-state index in [9.17, 15) is 19.2 Å². The minimum Gasteiger partial charge on any atom is -0.462 e. The lowest BCUT2D eigenvalue weighted by Crippen LogP contribution is -2.28. The van der Waals surface area contributed by atoms with E-state index in [0.29, 0.717) is 44.2 Å². The number of anilines is 2. The Hall–Kier alpha value is -4.31. The minimum atomic E-state index is -0.435. The standard InChI is InChI=1S/C28H28N4O5S/c1-5-12-37-28(36)19-7-9-20(10-8-19)30-22(33)14-32-15-29-26-23(27(32)35)18(4)24(38-26)25(34)31-21-11-6-16(2)13-17(21)3/h6-11,13,15H,5,12,14H2,1-4H3,(H,30,33)(H,31,34). The molecule has 2 aromatic heterocycles. The second-order valence-corrected chi connectivity index (χ2v) is 9.95. The van der Waals surface area contributed by atoms with Gasteiger partial charge in [-0.15, -0.1) is 11.3 Å². The fourth-order valence-corrected chi connectivity index (χ4v) is 4.98. The van der Waals surface area contributed by atoms with Crippen molar-refractivity contribution in [2.75, 3.05) is 17.2 Å². The molecule has 0 aliphatic carbocycles. The van der Waals surface area contributed by atoms with E-state index in [1.807, 2.05) is 39.0 Å². The van der Waals surface area contributed by atoms with Gasteiger partial charge in [-0.05, 0) is 68.7 Å². The van der Waals surface area contributed by atoms with E-state index in [1.165, 1.54) is 10.9 Å². The molecule has 0 radical (unpaired) electrons. The molecule has 38 heavy (non-hydrogen) atoms. The molecule has 9 nitrogen and oxygen atoms in total. The lowest BCUT2D eigenvalue weighted by molar-refractivity contribution is -0.116. The summed E-state index contributed by atoms with van der Waals surface area (Å²) in [5.41, 5.74) is 3.70. The van der Waals surface area contributed by atoms with Gasteiger partial charge in [0, 0.05) is 11.4 Å². The highest BCUT2D eigenvalue weighted by Gasteiger charge is 2.21. The third-order valence-electron chi connectivity index (χ3n) is 5.91. The van der Waals surface area contributed by atoms with Crippen LogP contribution in [0.5, 0.6) is 0 Å². The number of aromatic nitrogens is 2. The van der Waals surface area contributed by atoms with Crippen molar-refractivity contribution in [3.05, 3.63) is 86.3 Å². The number of thiophene rings is 1. The number of esters is 1. The quantitative estimate of drug-likeness (QED) is 0.314. The lowest BCUT2D eigenvalue weighted by Gasteiger charge is -2.09. The molecule has 0 atom stereocenters. The van der Waals surface area contributed by atoms with Gasteiger partial charge in [-0.25, -0.2) is 9.78 Å². The van der Waals surface area contributed by atoms with Crippen molar-refractivity contribution in [1.29, 1.82) is 0 Å². The Morgan fingerprint density at radius 2 is 1.76 bits per heavy atom. The molecule has 2 amide bonds.